The fourth-order valence-electron chi connectivity index (χ4n) is 5.16. The lowest BCUT2D eigenvalue weighted by molar-refractivity contribution is 0.0784. The van der Waals surface area contributed by atoms with E-state index < -0.39 is 14.2 Å². The molecule has 10 nitrogen and oxygen atoms in total. The molecule has 0 atom stereocenters. The first-order valence-corrected chi connectivity index (χ1v) is 19.1. The van der Waals surface area contributed by atoms with Gasteiger partial charge in [-0.25, -0.2) is 4.79 Å². The largest absolute Gasteiger partial charge is 0.488 e. The molecule has 2 aromatic heterocycles. The molecule has 2 heterocycles. The fourth-order valence-corrected chi connectivity index (χ4v) is 5.92. The number of tetrazole rings is 1. The predicted molar refractivity (Wildman–Crippen MR) is 172 cm³/mol. The number of ether oxygens (including phenoxy) is 3. The number of carbonyl (C=O) groups excluding carboxylic acids is 1. The maximum Gasteiger partial charge on any atom is 0.412 e. The molecule has 1 N–H and O–H groups in total. The Morgan fingerprint density at radius 2 is 1.80 bits per heavy atom. The highest BCUT2D eigenvalue weighted by Gasteiger charge is 2.18. The van der Waals surface area contributed by atoms with Crippen molar-refractivity contribution in [3.8, 4) is 34.0 Å². The van der Waals surface area contributed by atoms with Gasteiger partial charge in [0.05, 0.1) is 0 Å². The minimum Gasteiger partial charge on any atom is -0.488 e. The summed E-state index contributed by atoms with van der Waals surface area (Å²) in [6.45, 7) is 8.88. The maximum absolute atomic E-state index is 12.7. The molecular formula is C33H42N6O4Si. The molecule has 1 amide bonds. The number of hydrogen-bond acceptors (Lipinski definition) is 8. The van der Waals surface area contributed by atoms with Crippen LogP contribution in [0.1, 0.15) is 37.7 Å². The van der Waals surface area contributed by atoms with Crippen LogP contribution >= 0.6 is 0 Å². The first-order valence-electron chi connectivity index (χ1n) is 15.4. The van der Waals surface area contributed by atoms with E-state index in [-0.39, 0.29) is 6.73 Å². The van der Waals surface area contributed by atoms with Gasteiger partial charge >= 0.3 is 6.09 Å². The molecule has 0 aliphatic heterocycles. The molecule has 1 aliphatic carbocycles. The average molecular weight is 615 g/mol. The Hall–Kier alpha value is -4.09. The van der Waals surface area contributed by atoms with Crippen LogP contribution in [0.4, 0.5) is 4.79 Å². The number of nitrogens with zero attached hydrogens (tertiary/aromatic N) is 5. The summed E-state index contributed by atoms with van der Waals surface area (Å²) in [5.41, 5.74) is 3.28. The van der Waals surface area contributed by atoms with Crippen LogP contribution in [0.25, 0.3) is 22.5 Å². The molecular weight excluding hydrogens is 572 g/mol. The Bertz CT molecular complexity index is 1500. The van der Waals surface area contributed by atoms with Crippen LogP contribution in [-0.2, 0) is 18.1 Å². The van der Waals surface area contributed by atoms with Crippen molar-refractivity contribution in [1.82, 2.24) is 30.5 Å². The van der Waals surface area contributed by atoms with E-state index in [1.165, 1.54) is 19.3 Å². The number of carbonyl (C=O) groups is 1. The zero-order chi connectivity index (χ0) is 30.8. The fraction of sp³-hybridized carbons (Fsp3) is 0.424. The van der Waals surface area contributed by atoms with Gasteiger partial charge in [-0.15, -0.1) is 5.10 Å². The number of amides is 1. The number of nitrogens with one attached hydrogen (secondary N) is 1. The van der Waals surface area contributed by atoms with Crippen molar-refractivity contribution in [2.45, 2.75) is 71.1 Å². The Kier molecular flexibility index (Phi) is 10.7. The lowest BCUT2D eigenvalue weighted by Gasteiger charge is -2.21. The summed E-state index contributed by atoms with van der Waals surface area (Å²) in [5.74, 6) is 2.11. The van der Waals surface area contributed by atoms with E-state index in [9.17, 15) is 4.79 Å². The highest BCUT2D eigenvalue weighted by atomic mass is 28.3. The zero-order valence-corrected chi connectivity index (χ0v) is 26.9. The van der Waals surface area contributed by atoms with E-state index in [4.69, 9.17) is 14.2 Å². The van der Waals surface area contributed by atoms with Crippen LogP contribution < -0.4 is 14.8 Å². The number of hydrogen-bond donors (Lipinski definition) is 1. The van der Waals surface area contributed by atoms with Crippen molar-refractivity contribution in [3.63, 3.8) is 0 Å². The molecule has 11 heteroatoms. The summed E-state index contributed by atoms with van der Waals surface area (Å²) in [4.78, 5) is 17.2. The molecule has 1 saturated carbocycles. The minimum absolute atomic E-state index is 0.252. The molecule has 232 valence electrons. The van der Waals surface area contributed by atoms with Gasteiger partial charge in [0.1, 0.15) is 24.8 Å². The van der Waals surface area contributed by atoms with E-state index in [0.29, 0.717) is 43.0 Å². The lowest BCUT2D eigenvalue weighted by atomic mass is 9.89. The summed E-state index contributed by atoms with van der Waals surface area (Å²) >= 11 is 0. The second kappa shape index (κ2) is 15.1. The normalized spacial score (nSPS) is 13.9. The zero-order valence-electron chi connectivity index (χ0n) is 25.9. The number of aromatic nitrogens is 5. The van der Waals surface area contributed by atoms with Crippen LogP contribution in [-0.4, -0.2) is 52.5 Å². The van der Waals surface area contributed by atoms with Crippen molar-refractivity contribution in [1.29, 1.82) is 0 Å². The average Bonchev–Trinajstić information content (AvgIpc) is 3.51. The summed E-state index contributed by atoms with van der Waals surface area (Å²) in [6.07, 6.45) is 9.03. The Labute approximate surface area is 260 Å². The van der Waals surface area contributed by atoms with Gasteiger partial charge in [0.15, 0.2) is 5.82 Å². The number of rotatable bonds is 13. The molecule has 0 spiro atoms. The predicted octanol–water partition coefficient (Wildman–Crippen LogP) is 6.96. The van der Waals surface area contributed by atoms with Crippen LogP contribution in [0.3, 0.4) is 0 Å². The third-order valence-corrected chi connectivity index (χ3v) is 9.41. The van der Waals surface area contributed by atoms with Crippen LogP contribution in [0.5, 0.6) is 11.5 Å². The van der Waals surface area contributed by atoms with Gasteiger partial charge in [-0.1, -0.05) is 69.2 Å². The Balaban J connectivity index is 1.35. The van der Waals surface area contributed by atoms with E-state index in [2.05, 4.69) is 45.5 Å². The van der Waals surface area contributed by atoms with Crippen LogP contribution in [0, 0.1) is 5.92 Å². The lowest BCUT2D eigenvalue weighted by Crippen LogP contribution is -2.32. The topological polar surface area (TPSA) is 113 Å². The molecule has 4 aromatic rings. The molecule has 2 aromatic carbocycles. The van der Waals surface area contributed by atoms with Crippen molar-refractivity contribution in [3.05, 3.63) is 72.6 Å². The van der Waals surface area contributed by atoms with Crippen LogP contribution in [0.2, 0.25) is 25.7 Å². The molecule has 44 heavy (non-hydrogen) atoms. The molecule has 0 bridgehead atoms. The second-order valence-electron chi connectivity index (χ2n) is 12.5. The molecule has 0 saturated heterocycles. The third-order valence-electron chi connectivity index (χ3n) is 7.71. The molecule has 1 aliphatic rings. The summed E-state index contributed by atoms with van der Waals surface area (Å²) in [6, 6.07) is 18.4. The van der Waals surface area contributed by atoms with Gasteiger partial charge < -0.3 is 19.5 Å². The van der Waals surface area contributed by atoms with E-state index in [1.807, 2.05) is 48.5 Å². The molecule has 0 radical (unpaired) electrons. The van der Waals surface area contributed by atoms with Crippen LogP contribution in [0.15, 0.2) is 67.0 Å². The van der Waals surface area contributed by atoms with Gasteiger partial charge in [0.25, 0.3) is 0 Å². The smallest absolute Gasteiger partial charge is 0.412 e. The summed E-state index contributed by atoms with van der Waals surface area (Å²) in [7, 11) is -1.21. The Morgan fingerprint density at radius 1 is 1.00 bits per heavy atom. The van der Waals surface area contributed by atoms with Gasteiger partial charge in [-0.3, -0.25) is 4.98 Å². The van der Waals surface area contributed by atoms with Crippen molar-refractivity contribution in [2.75, 3.05) is 13.2 Å². The maximum atomic E-state index is 12.7. The van der Waals surface area contributed by atoms with Crippen molar-refractivity contribution >= 4 is 14.2 Å². The number of benzene rings is 2. The highest BCUT2D eigenvalue weighted by molar-refractivity contribution is 6.76. The summed E-state index contributed by atoms with van der Waals surface area (Å²) in [5, 5.41) is 15.2. The SMILES string of the molecule is C[Si](C)(C)CCOCn1nnnc1-c1cncc(-c2cc(OC(=O)NCC3CCCCC3)ccc2OCc2ccccc2)c1. The first-order chi connectivity index (χ1) is 21.3. The van der Waals surface area contributed by atoms with Crippen molar-refractivity contribution < 1.29 is 19.0 Å². The monoisotopic (exact) mass is 614 g/mol. The second-order valence-corrected chi connectivity index (χ2v) is 18.1. The van der Waals surface area contributed by atoms with E-state index in [0.717, 1.165) is 41.1 Å². The molecule has 5 rings (SSSR count). The minimum atomic E-state index is -1.21. The first kappa shape index (κ1) is 31.3. The molecule has 1 fully saturated rings. The highest BCUT2D eigenvalue weighted by Crippen LogP contribution is 2.35. The number of pyridine rings is 1. The van der Waals surface area contributed by atoms with E-state index >= 15 is 0 Å². The standard InChI is InChI=1S/C33H42N6O4Si/c1-44(2,3)17-16-41-24-39-32(36-37-38-39)28-18-27(21-34-22-28)30-19-29(43-33(40)35-20-25-10-6-4-7-11-25)14-15-31(30)42-23-26-12-8-5-9-13-26/h5,8-9,12-15,18-19,21-22,25H,4,6-7,10-11,16-17,20,23-24H2,1-3H3,(H,35,40). The van der Waals surface area contributed by atoms with E-state index in [1.54, 1.807) is 23.1 Å². The van der Waals surface area contributed by atoms with Gasteiger partial charge in [-0.2, -0.15) is 4.68 Å². The van der Waals surface area contributed by atoms with Gasteiger partial charge in [0.2, 0.25) is 0 Å². The Morgan fingerprint density at radius 3 is 2.59 bits per heavy atom. The van der Waals surface area contributed by atoms with Crippen molar-refractivity contribution in [2.24, 2.45) is 5.92 Å². The van der Waals surface area contributed by atoms with Gasteiger partial charge in [-0.05, 0) is 65.1 Å². The third kappa shape index (κ3) is 9.20. The van der Waals surface area contributed by atoms with Gasteiger partial charge in [0, 0.05) is 50.3 Å². The molecule has 0 unspecified atom stereocenters. The quantitative estimate of drug-likeness (QED) is 0.127. The summed E-state index contributed by atoms with van der Waals surface area (Å²) < 4.78 is 19.5.